The van der Waals surface area contributed by atoms with Crippen LogP contribution in [0.25, 0.3) is 0 Å². The first-order chi connectivity index (χ1) is 9.31. The Morgan fingerprint density at radius 1 is 1.10 bits per heavy atom. The molecule has 0 aromatic heterocycles. The van der Waals surface area contributed by atoms with Gasteiger partial charge in [-0.05, 0) is 67.1 Å². The SMILES string of the molecule is Cl.Clc1cccc(CN[C@@H]2C[C@@H]3C[C@H]2[C@@H]2CCC[C@H]32)c1. The second-order valence-electron chi connectivity index (χ2n) is 6.77. The first kappa shape index (κ1) is 14.7. The van der Waals surface area contributed by atoms with Crippen molar-refractivity contribution in [2.45, 2.75) is 44.7 Å². The van der Waals surface area contributed by atoms with Crippen molar-refractivity contribution in [1.29, 1.82) is 0 Å². The topological polar surface area (TPSA) is 12.0 Å². The molecule has 1 aromatic rings. The molecule has 3 fully saturated rings. The average molecular weight is 312 g/mol. The highest BCUT2D eigenvalue weighted by atomic mass is 35.5. The Balaban J connectivity index is 0.00000121. The number of rotatable bonds is 3. The van der Waals surface area contributed by atoms with Crippen molar-refractivity contribution in [2.24, 2.45) is 23.7 Å². The van der Waals surface area contributed by atoms with Gasteiger partial charge in [0.15, 0.2) is 0 Å². The van der Waals surface area contributed by atoms with Gasteiger partial charge in [-0.3, -0.25) is 0 Å². The van der Waals surface area contributed by atoms with E-state index in [9.17, 15) is 0 Å². The van der Waals surface area contributed by atoms with Crippen LogP contribution in [0.4, 0.5) is 0 Å². The maximum atomic E-state index is 6.05. The Bertz CT molecular complexity index is 476. The van der Waals surface area contributed by atoms with Crippen molar-refractivity contribution in [3.05, 3.63) is 34.9 Å². The number of nitrogens with one attached hydrogen (secondary N) is 1. The van der Waals surface area contributed by atoms with Gasteiger partial charge in [0, 0.05) is 17.6 Å². The fourth-order valence-electron chi connectivity index (χ4n) is 5.20. The van der Waals surface area contributed by atoms with Gasteiger partial charge in [-0.25, -0.2) is 0 Å². The summed E-state index contributed by atoms with van der Waals surface area (Å²) in [5.41, 5.74) is 1.32. The van der Waals surface area contributed by atoms with E-state index in [1.165, 1.54) is 37.7 Å². The summed E-state index contributed by atoms with van der Waals surface area (Å²) in [5.74, 6) is 4.15. The Morgan fingerprint density at radius 2 is 1.95 bits per heavy atom. The maximum Gasteiger partial charge on any atom is 0.0409 e. The lowest BCUT2D eigenvalue weighted by atomic mass is 9.79. The van der Waals surface area contributed by atoms with Crippen LogP contribution in [-0.2, 0) is 6.54 Å². The molecule has 3 heteroatoms. The second kappa shape index (κ2) is 5.87. The minimum absolute atomic E-state index is 0. The zero-order chi connectivity index (χ0) is 12.8. The smallest absolute Gasteiger partial charge is 0.0409 e. The van der Waals surface area contributed by atoms with E-state index in [1.54, 1.807) is 0 Å². The molecule has 110 valence electrons. The van der Waals surface area contributed by atoms with Gasteiger partial charge in [-0.15, -0.1) is 12.4 Å². The molecule has 5 atom stereocenters. The Hall–Kier alpha value is -0.240. The Kier molecular flexibility index (Phi) is 4.31. The molecule has 0 spiro atoms. The molecule has 1 nitrogen and oxygen atoms in total. The summed E-state index contributed by atoms with van der Waals surface area (Å²) < 4.78 is 0. The van der Waals surface area contributed by atoms with Gasteiger partial charge in [0.2, 0.25) is 0 Å². The van der Waals surface area contributed by atoms with Crippen molar-refractivity contribution in [3.63, 3.8) is 0 Å². The molecule has 0 unspecified atom stereocenters. The Labute approximate surface area is 132 Å². The summed E-state index contributed by atoms with van der Waals surface area (Å²) in [7, 11) is 0. The summed E-state index contributed by atoms with van der Waals surface area (Å²) >= 11 is 6.05. The van der Waals surface area contributed by atoms with Crippen molar-refractivity contribution >= 4 is 24.0 Å². The molecule has 4 rings (SSSR count). The average Bonchev–Trinajstić information content (AvgIpc) is 3.08. The van der Waals surface area contributed by atoms with Crippen LogP contribution in [0, 0.1) is 23.7 Å². The van der Waals surface area contributed by atoms with Crippen LogP contribution in [0.3, 0.4) is 0 Å². The standard InChI is InChI=1S/C17H22ClN.ClH/c18-13-4-1-3-11(7-13)10-19-17-9-12-8-16(17)15-6-2-5-14(12)15;/h1,3-4,7,12,14-17,19H,2,5-6,8-10H2;1H/t12-,14+,15+,16-,17+;/m0./s1. The molecule has 0 heterocycles. The van der Waals surface area contributed by atoms with E-state index in [1.807, 2.05) is 12.1 Å². The van der Waals surface area contributed by atoms with Crippen molar-refractivity contribution in [3.8, 4) is 0 Å². The predicted molar refractivity (Wildman–Crippen MR) is 86.4 cm³/mol. The molecule has 0 saturated heterocycles. The molecule has 0 radical (unpaired) electrons. The molecule has 20 heavy (non-hydrogen) atoms. The summed E-state index contributed by atoms with van der Waals surface area (Å²) in [6, 6.07) is 9.02. The first-order valence-electron chi connectivity index (χ1n) is 7.79. The molecule has 3 aliphatic carbocycles. The van der Waals surface area contributed by atoms with Crippen LogP contribution in [0.1, 0.15) is 37.7 Å². The zero-order valence-corrected chi connectivity index (χ0v) is 13.3. The number of halogens is 2. The molecule has 3 saturated carbocycles. The van der Waals surface area contributed by atoms with E-state index in [0.717, 1.165) is 41.3 Å². The summed E-state index contributed by atoms with van der Waals surface area (Å²) in [6.45, 7) is 0.978. The summed E-state index contributed by atoms with van der Waals surface area (Å²) in [5, 5.41) is 4.66. The molecule has 3 aliphatic rings. The molecular formula is C17H23Cl2N. The van der Waals surface area contributed by atoms with Gasteiger partial charge in [-0.1, -0.05) is 30.2 Å². The molecule has 1 N–H and O–H groups in total. The highest BCUT2D eigenvalue weighted by molar-refractivity contribution is 6.30. The van der Waals surface area contributed by atoms with E-state index in [4.69, 9.17) is 11.6 Å². The van der Waals surface area contributed by atoms with Gasteiger partial charge in [0.25, 0.3) is 0 Å². The minimum atomic E-state index is 0. The third-order valence-corrected chi connectivity index (χ3v) is 6.12. The highest BCUT2D eigenvalue weighted by Gasteiger charge is 2.53. The predicted octanol–water partition coefficient (Wildman–Crippen LogP) is 4.68. The van der Waals surface area contributed by atoms with E-state index in [2.05, 4.69) is 17.4 Å². The van der Waals surface area contributed by atoms with Crippen LogP contribution in [0.2, 0.25) is 5.02 Å². The highest BCUT2D eigenvalue weighted by Crippen LogP contribution is 2.58. The fourth-order valence-corrected chi connectivity index (χ4v) is 5.41. The van der Waals surface area contributed by atoms with Gasteiger partial charge < -0.3 is 5.32 Å². The van der Waals surface area contributed by atoms with E-state index < -0.39 is 0 Å². The van der Waals surface area contributed by atoms with Crippen LogP contribution in [-0.4, -0.2) is 6.04 Å². The minimum Gasteiger partial charge on any atom is -0.310 e. The Morgan fingerprint density at radius 3 is 2.80 bits per heavy atom. The van der Waals surface area contributed by atoms with Gasteiger partial charge in [0.05, 0.1) is 0 Å². The lowest BCUT2D eigenvalue weighted by Gasteiger charge is -2.32. The van der Waals surface area contributed by atoms with E-state index in [0.29, 0.717) is 0 Å². The number of fused-ring (bicyclic) bond motifs is 5. The number of hydrogen-bond donors (Lipinski definition) is 1. The lowest BCUT2D eigenvalue weighted by Crippen LogP contribution is -2.38. The third-order valence-electron chi connectivity index (χ3n) is 5.89. The van der Waals surface area contributed by atoms with Crippen molar-refractivity contribution in [2.75, 3.05) is 0 Å². The fraction of sp³-hybridized carbons (Fsp3) is 0.647. The zero-order valence-electron chi connectivity index (χ0n) is 11.7. The quantitative estimate of drug-likeness (QED) is 0.855. The van der Waals surface area contributed by atoms with Crippen LogP contribution >= 0.6 is 24.0 Å². The van der Waals surface area contributed by atoms with Crippen LogP contribution < -0.4 is 5.32 Å². The normalized spacial score (nSPS) is 37.8. The monoisotopic (exact) mass is 311 g/mol. The molecular weight excluding hydrogens is 289 g/mol. The molecule has 2 bridgehead atoms. The molecule has 0 amide bonds. The van der Waals surface area contributed by atoms with Gasteiger partial charge in [-0.2, -0.15) is 0 Å². The van der Waals surface area contributed by atoms with Crippen LogP contribution in [0.5, 0.6) is 0 Å². The van der Waals surface area contributed by atoms with E-state index in [-0.39, 0.29) is 12.4 Å². The third kappa shape index (κ3) is 2.49. The lowest BCUT2D eigenvalue weighted by molar-refractivity contribution is 0.208. The molecule has 0 aliphatic heterocycles. The van der Waals surface area contributed by atoms with Gasteiger partial charge in [0.1, 0.15) is 0 Å². The maximum absolute atomic E-state index is 6.05. The molecule has 1 aromatic carbocycles. The van der Waals surface area contributed by atoms with Gasteiger partial charge >= 0.3 is 0 Å². The van der Waals surface area contributed by atoms with Crippen LogP contribution in [0.15, 0.2) is 24.3 Å². The summed E-state index contributed by atoms with van der Waals surface area (Å²) in [4.78, 5) is 0. The number of hydrogen-bond acceptors (Lipinski definition) is 1. The van der Waals surface area contributed by atoms with Crippen molar-refractivity contribution in [1.82, 2.24) is 5.32 Å². The second-order valence-corrected chi connectivity index (χ2v) is 7.21. The first-order valence-corrected chi connectivity index (χ1v) is 8.17. The number of benzene rings is 1. The van der Waals surface area contributed by atoms with Crippen molar-refractivity contribution < 1.29 is 0 Å². The largest absolute Gasteiger partial charge is 0.310 e. The van der Waals surface area contributed by atoms with E-state index >= 15 is 0 Å². The summed E-state index contributed by atoms with van der Waals surface area (Å²) in [6.07, 6.45) is 7.44.